The van der Waals surface area contributed by atoms with Crippen molar-refractivity contribution in [3.05, 3.63) is 58.6 Å². The fraction of sp³-hybridized carbons (Fsp3) is 0.0714. The summed E-state index contributed by atoms with van der Waals surface area (Å²) in [5, 5.41) is 2.61. The molecule has 2 aromatic carbocycles. The molecule has 2 rings (SSSR count). The van der Waals surface area contributed by atoms with Gasteiger partial charge in [-0.15, -0.1) is 0 Å². The molecule has 0 radical (unpaired) electrons. The van der Waals surface area contributed by atoms with Gasteiger partial charge < -0.3 is 10.1 Å². The second kappa shape index (κ2) is 6.21. The minimum Gasteiger partial charge on any atom is -0.487 e. The third-order valence-electron chi connectivity index (χ3n) is 2.44. The molecule has 18 heavy (non-hydrogen) atoms. The van der Waals surface area contributed by atoms with Gasteiger partial charge in [0, 0.05) is 10.0 Å². The summed E-state index contributed by atoms with van der Waals surface area (Å²) >= 11 is 3.47. The Hall–Kier alpha value is -1.81. The molecular weight excluding hydrogens is 294 g/mol. The van der Waals surface area contributed by atoms with Gasteiger partial charge in [0.1, 0.15) is 12.4 Å². The van der Waals surface area contributed by atoms with E-state index in [1.165, 1.54) is 0 Å². The summed E-state index contributed by atoms with van der Waals surface area (Å²) in [7, 11) is 0. The zero-order valence-corrected chi connectivity index (χ0v) is 11.2. The second-order valence-electron chi connectivity index (χ2n) is 3.64. The summed E-state index contributed by atoms with van der Waals surface area (Å²) in [6.45, 7) is 0.443. The van der Waals surface area contributed by atoms with Crippen LogP contribution in [0.25, 0.3) is 0 Å². The number of anilines is 1. The van der Waals surface area contributed by atoms with Gasteiger partial charge in [-0.3, -0.25) is 4.79 Å². The highest BCUT2D eigenvalue weighted by molar-refractivity contribution is 9.10. The number of carbonyl (C=O) groups excluding carboxylic acids is 1. The van der Waals surface area contributed by atoms with Crippen LogP contribution in [0.5, 0.6) is 5.75 Å². The zero-order valence-electron chi connectivity index (χ0n) is 9.60. The van der Waals surface area contributed by atoms with Crippen molar-refractivity contribution < 1.29 is 9.53 Å². The van der Waals surface area contributed by atoms with E-state index < -0.39 is 0 Å². The first-order chi connectivity index (χ1) is 8.81. The fourth-order valence-corrected chi connectivity index (χ4v) is 1.95. The van der Waals surface area contributed by atoms with Crippen LogP contribution in [0.3, 0.4) is 0 Å². The van der Waals surface area contributed by atoms with E-state index in [1.807, 2.05) is 42.5 Å². The summed E-state index contributed by atoms with van der Waals surface area (Å²) in [6, 6.07) is 15.2. The lowest BCUT2D eigenvalue weighted by molar-refractivity contribution is -0.105. The Kier molecular flexibility index (Phi) is 4.36. The molecule has 0 atom stereocenters. The molecule has 0 saturated carbocycles. The zero-order chi connectivity index (χ0) is 12.8. The third-order valence-corrected chi connectivity index (χ3v) is 3.22. The number of hydrogen-bond donors (Lipinski definition) is 1. The van der Waals surface area contributed by atoms with E-state index in [-0.39, 0.29) is 0 Å². The van der Waals surface area contributed by atoms with E-state index in [9.17, 15) is 4.79 Å². The Labute approximate surface area is 114 Å². The summed E-state index contributed by atoms with van der Waals surface area (Å²) < 4.78 is 6.71. The predicted molar refractivity (Wildman–Crippen MR) is 74.6 cm³/mol. The Bertz CT molecular complexity index is 543. The number of benzene rings is 2. The molecule has 0 fully saturated rings. The van der Waals surface area contributed by atoms with Crippen LogP contribution < -0.4 is 10.1 Å². The Morgan fingerprint density at radius 1 is 1.11 bits per heavy atom. The lowest BCUT2D eigenvalue weighted by atomic mass is 10.2. The molecule has 92 valence electrons. The van der Waals surface area contributed by atoms with Crippen LogP contribution in [0.15, 0.2) is 53.0 Å². The first-order valence-corrected chi connectivity index (χ1v) is 6.26. The Balaban J connectivity index is 2.11. The van der Waals surface area contributed by atoms with Crippen LogP contribution in [0.4, 0.5) is 5.69 Å². The first kappa shape index (κ1) is 12.6. The van der Waals surface area contributed by atoms with Gasteiger partial charge in [-0.25, -0.2) is 0 Å². The van der Waals surface area contributed by atoms with Crippen molar-refractivity contribution in [2.75, 3.05) is 5.32 Å². The van der Waals surface area contributed by atoms with Crippen LogP contribution in [0.2, 0.25) is 0 Å². The maximum absolute atomic E-state index is 10.5. The van der Waals surface area contributed by atoms with E-state index in [0.29, 0.717) is 24.5 Å². The molecule has 0 aromatic heterocycles. The lowest BCUT2D eigenvalue weighted by Gasteiger charge is -2.11. The van der Waals surface area contributed by atoms with Crippen molar-refractivity contribution >= 4 is 28.0 Å². The molecule has 4 heteroatoms. The van der Waals surface area contributed by atoms with Gasteiger partial charge in [0.05, 0.1) is 5.69 Å². The molecule has 0 bridgehead atoms. The van der Waals surface area contributed by atoms with Crippen LogP contribution >= 0.6 is 15.9 Å². The Morgan fingerprint density at radius 3 is 2.61 bits per heavy atom. The van der Waals surface area contributed by atoms with E-state index in [0.717, 1.165) is 10.0 Å². The van der Waals surface area contributed by atoms with Crippen molar-refractivity contribution in [1.29, 1.82) is 0 Å². The fourth-order valence-electron chi connectivity index (χ4n) is 1.55. The van der Waals surface area contributed by atoms with Gasteiger partial charge in [-0.1, -0.05) is 46.3 Å². The second-order valence-corrected chi connectivity index (χ2v) is 4.49. The maximum atomic E-state index is 10.5. The largest absolute Gasteiger partial charge is 0.487 e. The number of amides is 1. The van der Waals surface area contributed by atoms with Gasteiger partial charge in [0.2, 0.25) is 6.41 Å². The van der Waals surface area contributed by atoms with Crippen LogP contribution in [0.1, 0.15) is 5.56 Å². The van der Waals surface area contributed by atoms with Crippen molar-refractivity contribution in [2.24, 2.45) is 0 Å². The lowest BCUT2D eigenvalue weighted by Crippen LogP contribution is -2.01. The van der Waals surface area contributed by atoms with Gasteiger partial charge in [0.15, 0.2) is 0 Å². The van der Waals surface area contributed by atoms with Crippen molar-refractivity contribution in [3.63, 3.8) is 0 Å². The molecule has 0 heterocycles. The molecule has 0 saturated heterocycles. The molecular formula is C14H12BrNO2. The van der Waals surface area contributed by atoms with E-state index in [1.54, 1.807) is 6.07 Å². The summed E-state index contributed by atoms with van der Waals surface area (Å²) in [5.41, 5.74) is 1.72. The summed E-state index contributed by atoms with van der Waals surface area (Å²) in [4.78, 5) is 10.5. The van der Waals surface area contributed by atoms with Crippen LogP contribution in [-0.4, -0.2) is 6.41 Å². The van der Waals surface area contributed by atoms with E-state index in [2.05, 4.69) is 21.2 Å². The Morgan fingerprint density at radius 2 is 1.83 bits per heavy atom. The summed E-state index contributed by atoms with van der Waals surface area (Å²) in [5.74, 6) is 0.653. The number of hydrogen-bond acceptors (Lipinski definition) is 2. The summed E-state index contributed by atoms with van der Waals surface area (Å²) in [6.07, 6.45) is 0.640. The molecule has 2 aromatic rings. The third kappa shape index (κ3) is 3.11. The van der Waals surface area contributed by atoms with Crippen LogP contribution in [-0.2, 0) is 11.4 Å². The smallest absolute Gasteiger partial charge is 0.211 e. The normalized spacial score (nSPS) is 9.83. The van der Waals surface area contributed by atoms with Crippen molar-refractivity contribution in [1.82, 2.24) is 0 Å². The molecule has 0 aliphatic rings. The molecule has 0 aliphatic heterocycles. The molecule has 1 amide bonds. The van der Waals surface area contributed by atoms with Crippen LogP contribution in [0, 0.1) is 0 Å². The van der Waals surface area contributed by atoms with Crippen molar-refractivity contribution in [2.45, 2.75) is 6.61 Å². The van der Waals surface area contributed by atoms with E-state index in [4.69, 9.17) is 4.74 Å². The minimum absolute atomic E-state index is 0.443. The number of halogens is 1. The molecule has 0 aliphatic carbocycles. The predicted octanol–water partition coefficient (Wildman–Crippen LogP) is 3.60. The monoisotopic (exact) mass is 305 g/mol. The number of para-hydroxylation sites is 2. The van der Waals surface area contributed by atoms with Crippen molar-refractivity contribution in [3.8, 4) is 5.75 Å². The van der Waals surface area contributed by atoms with Gasteiger partial charge in [-0.2, -0.15) is 0 Å². The average Bonchev–Trinajstić information content (AvgIpc) is 2.40. The highest BCUT2D eigenvalue weighted by Crippen LogP contribution is 2.25. The number of ether oxygens (including phenoxy) is 1. The highest BCUT2D eigenvalue weighted by atomic mass is 79.9. The molecule has 1 N–H and O–H groups in total. The van der Waals surface area contributed by atoms with Gasteiger partial charge >= 0.3 is 0 Å². The molecule has 3 nitrogen and oxygen atoms in total. The molecule has 0 unspecified atom stereocenters. The van der Waals surface area contributed by atoms with Gasteiger partial charge in [0.25, 0.3) is 0 Å². The SMILES string of the molecule is O=CNc1ccccc1OCc1ccccc1Br. The van der Waals surface area contributed by atoms with E-state index >= 15 is 0 Å². The number of carbonyl (C=O) groups is 1. The first-order valence-electron chi connectivity index (χ1n) is 5.46. The maximum Gasteiger partial charge on any atom is 0.211 e. The minimum atomic E-state index is 0.443. The average molecular weight is 306 g/mol. The number of rotatable bonds is 5. The highest BCUT2D eigenvalue weighted by Gasteiger charge is 2.04. The topological polar surface area (TPSA) is 38.3 Å². The number of nitrogens with one attached hydrogen (secondary N) is 1. The standard InChI is InChI=1S/C14H12BrNO2/c15-12-6-2-1-5-11(12)9-18-14-8-4-3-7-13(14)16-10-17/h1-8,10H,9H2,(H,16,17). The quantitative estimate of drug-likeness (QED) is 0.857. The van der Waals surface area contributed by atoms with Gasteiger partial charge in [-0.05, 0) is 18.2 Å². The molecule has 0 spiro atoms.